The van der Waals surface area contributed by atoms with Crippen LogP contribution < -0.4 is 10.6 Å². The molecule has 12 heteroatoms. The second kappa shape index (κ2) is 9.91. The molecule has 2 N–H and O–H groups in total. The van der Waals surface area contributed by atoms with Crippen LogP contribution in [0.1, 0.15) is 15.2 Å². The molecule has 0 saturated carbocycles. The molecule has 184 valence electrons. The van der Waals surface area contributed by atoms with Gasteiger partial charge in [0.2, 0.25) is 5.95 Å². The number of hydrogen-bond donors (Lipinski definition) is 2. The summed E-state index contributed by atoms with van der Waals surface area (Å²) in [6.45, 7) is 0.557. The van der Waals surface area contributed by atoms with Crippen LogP contribution in [0.15, 0.2) is 71.9 Å². The average molecular weight is 523 g/mol. The Morgan fingerprint density at radius 3 is 2.78 bits per heavy atom. The zero-order valence-corrected chi connectivity index (χ0v) is 20.8. The largest absolute Gasteiger partial charge is 0.443 e. The molecule has 36 heavy (non-hydrogen) atoms. The van der Waals surface area contributed by atoms with Gasteiger partial charge in [0.05, 0.1) is 27.0 Å². The normalized spacial score (nSPS) is 11.6. The minimum atomic E-state index is -3.19. The standard InChI is InChI=1S/C24H22N6O4S2/c1-36(32,33)15-27-17-4-5-19-18(11-17)28-24(30(19)10-8-16-3-2-9-25-12-16)29-23(31)22-7-6-21(35-22)20-13-26-14-34-20/h2-7,9,11-14,27H,8,10,15H2,1H3,(H,28,29,31). The van der Waals surface area contributed by atoms with Crippen molar-refractivity contribution in [2.24, 2.45) is 0 Å². The third-order valence-corrected chi connectivity index (χ3v) is 7.13. The molecule has 0 unspecified atom stereocenters. The van der Waals surface area contributed by atoms with E-state index in [0.717, 1.165) is 22.2 Å². The van der Waals surface area contributed by atoms with Crippen molar-refractivity contribution in [2.45, 2.75) is 13.0 Å². The van der Waals surface area contributed by atoms with Crippen LogP contribution in [0.3, 0.4) is 0 Å². The Labute approximate surface area is 211 Å². The van der Waals surface area contributed by atoms with E-state index < -0.39 is 9.84 Å². The molecule has 10 nitrogen and oxygen atoms in total. The molecule has 5 aromatic rings. The van der Waals surface area contributed by atoms with Crippen molar-refractivity contribution in [3.63, 3.8) is 0 Å². The lowest BCUT2D eigenvalue weighted by molar-refractivity contribution is 0.102. The van der Waals surface area contributed by atoms with E-state index in [2.05, 4.69) is 25.6 Å². The number of nitrogens with one attached hydrogen (secondary N) is 2. The van der Waals surface area contributed by atoms with Gasteiger partial charge in [-0.1, -0.05) is 6.07 Å². The van der Waals surface area contributed by atoms with E-state index in [1.165, 1.54) is 17.7 Å². The van der Waals surface area contributed by atoms with Gasteiger partial charge in [0, 0.05) is 30.9 Å². The number of anilines is 2. The summed E-state index contributed by atoms with van der Waals surface area (Å²) in [6.07, 6.45) is 8.32. The maximum Gasteiger partial charge on any atom is 0.268 e. The highest BCUT2D eigenvalue weighted by molar-refractivity contribution is 7.90. The van der Waals surface area contributed by atoms with Gasteiger partial charge in [0.25, 0.3) is 5.91 Å². The summed E-state index contributed by atoms with van der Waals surface area (Å²) in [5, 5.41) is 5.83. The highest BCUT2D eigenvalue weighted by atomic mass is 32.2. The molecule has 1 aromatic carbocycles. The molecule has 0 saturated heterocycles. The number of oxazole rings is 1. The summed E-state index contributed by atoms with van der Waals surface area (Å²) >= 11 is 1.29. The smallest absolute Gasteiger partial charge is 0.268 e. The molecule has 0 aliphatic heterocycles. The number of benzene rings is 1. The molecule has 0 atom stereocenters. The van der Waals surface area contributed by atoms with E-state index in [9.17, 15) is 13.2 Å². The Morgan fingerprint density at radius 1 is 1.14 bits per heavy atom. The zero-order valence-electron chi connectivity index (χ0n) is 19.2. The Morgan fingerprint density at radius 2 is 2.03 bits per heavy atom. The van der Waals surface area contributed by atoms with Crippen molar-refractivity contribution < 1.29 is 17.6 Å². The molecular weight excluding hydrogens is 500 g/mol. The quantitative estimate of drug-likeness (QED) is 0.296. The highest BCUT2D eigenvalue weighted by Gasteiger charge is 2.18. The Bertz CT molecular complexity index is 1610. The van der Waals surface area contributed by atoms with Crippen LogP contribution >= 0.6 is 11.3 Å². The monoisotopic (exact) mass is 522 g/mol. The third-order valence-electron chi connectivity index (χ3n) is 5.36. The number of carbonyl (C=O) groups is 1. The number of nitrogens with zero attached hydrogens (tertiary/aromatic N) is 4. The van der Waals surface area contributed by atoms with E-state index in [1.807, 2.05) is 28.8 Å². The number of amides is 1. The van der Waals surface area contributed by atoms with E-state index >= 15 is 0 Å². The Kier molecular flexibility index (Phi) is 6.53. The first-order valence-electron chi connectivity index (χ1n) is 11.0. The average Bonchev–Trinajstić information content (AvgIpc) is 3.61. The number of sulfone groups is 1. The summed E-state index contributed by atoms with van der Waals surface area (Å²) in [4.78, 5) is 27.1. The number of imidazole rings is 1. The molecule has 0 spiro atoms. The summed E-state index contributed by atoms with van der Waals surface area (Å²) in [5.41, 5.74) is 3.12. The van der Waals surface area contributed by atoms with Crippen molar-refractivity contribution in [3.8, 4) is 10.6 Å². The van der Waals surface area contributed by atoms with Crippen LogP contribution in [-0.2, 0) is 22.8 Å². The predicted octanol–water partition coefficient (Wildman–Crippen LogP) is 4.06. The van der Waals surface area contributed by atoms with Gasteiger partial charge in [-0.3, -0.25) is 15.1 Å². The summed E-state index contributed by atoms with van der Waals surface area (Å²) in [5.74, 6) is 0.514. The SMILES string of the molecule is CS(=O)(=O)CNc1ccc2c(c1)nc(NC(=O)c1ccc(-c3cnco3)s1)n2CCc1cccnc1. The number of rotatable bonds is 9. The molecule has 0 aliphatic carbocycles. The van der Waals surface area contributed by atoms with Crippen molar-refractivity contribution >= 4 is 49.8 Å². The van der Waals surface area contributed by atoms with Crippen LogP contribution in [0, 0.1) is 0 Å². The topological polar surface area (TPSA) is 132 Å². The highest BCUT2D eigenvalue weighted by Crippen LogP contribution is 2.29. The summed E-state index contributed by atoms with van der Waals surface area (Å²) in [7, 11) is -3.19. The lowest BCUT2D eigenvalue weighted by atomic mass is 10.2. The van der Waals surface area contributed by atoms with Gasteiger partial charge >= 0.3 is 0 Å². The minimum Gasteiger partial charge on any atom is -0.443 e. The van der Waals surface area contributed by atoms with Crippen LogP contribution in [0.5, 0.6) is 0 Å². The molecule has 1 amide bonds. The Balaban J connectivity index is 1.43. The fraction of sp³-hybridized carbons (Fsp3) is 0.167. The molecule has 0 bridgehead atoms. The maximum atomic E-state index is 13.1. The number of aromatic nitrogens is 4. The summed E-state index contributed by atoms with van der Waals surface area (Å²) in [6, 6.07) is 12.8. The molecule has 4 heterocycles. The third kappa shape index (κ3) is 5.44. The number of fused-ring (bicyclic) bond motifs is 1. The first kappa shape index (κ1) is 23.7. The van der Waals surface area contributed by atoms with Crippen molar-refractivity contribution in [3.05, 3.63) is 77.9 Å². The van der Waals surface area contributed by atoms with E-state index in [0.29, 0.717) is 40.8 Å². The molecule has 0 radical (unpaired) electrons. The van der Waals surface area contributed by atoms with Crippen LogP contribution in [-0.4, -0.2) is 46.0 Å². The number of carbonyl (C=O) groups excluding carboxylic acids is 1. The molecule has 0 fully saturated rings. The van der Waals surface area contributed by atoms with Gasteiger partial charge in [0.1, 0.15) is 5.88 Å². The first-order valence-corrected chi connectivity index (χ1v) is 13.8. The number of hydrogen-bond acceptors (Lipinski definition) is 9. The Hall–Kier alpha value is -4.03. The van der Waals surface area contributed by atoms with Gasteiger partial charge in [-0.2, -0.15) is 0 Å². The van der Waals surface area contributed by atoms with Gasteiger partial charge in [-0.25, -0.2) is 18.4 Å². The lowest BCUT2D eigenvalue weighted by Gasteiger charge is -2.10. The van der Waals surface area contributed by atoms with Crippen molar-refractivity contribution in [1.29, 1.82) is 0 Å². The maximum absolute atomic E-state index is 13.1. The lowest BCUT2D eigenvalue weighted by Crippen LogP contribution is -2.15. The second-order valence-corrected chi connectivity index (χ2v) is 11.4. The molecule has 4 aromatic heterocycles. The predicted molar refractivity (Wildman–Crippen MR) is 139 cm³/mol. The number of pyridine rings is 1. The van der Waals surface area contributed by atoms with Crippen LogP contribution in [0.4, 0.5) is 11.6 Å². The summed E-state index contributed by atoms with van der Waals surface area (Å²) < 4.78 is 30.3. The van der Waals surface area contributed by atoms with Crippen LogP contribution in [0.25, 0.3) is 21.7 Å². The van der Waals surface area contributed by atoms with E-state index in [-0.39, 0.29) is 11.8 Å². The van der Waals surface area contributed by atoms with Crippen molar-refractivity contribution in [1.82, 2.24) is 19.5 Å². The van der Waals surface area contributed by atoms with Gasteiger partial charge < -0.3 is 14.3 Å². The first-order chi connectivity index (χ1) is 17.4. The number of aryl methyl sites for hydroxylation is 2. The van der Waals surface area contributed by atoms with Gasteiger partial charge in [-0.05, 0) is 48.4 Å². The fourth-order valence-corrected chi connectivity index (χ4v) is 4.94. The van der Waals surface area contributed by atoms with Crippen molar-refractivity contribution in [2.75, 3.05) is 22.8 Å². The van der Waals surface area contributed by atoms with Crippen LogP contribution in [0.2, 0.25) is 0 Å². The number of thiophene rings is 1. The van der Waals surface area contributed by atoms with Gasteiger partial charge in [0.15, 0.2) is 22.0 Å². The second-order valence-electron chi connectivity index (χ2n) is 8.13. The van der Waals surface area contributed by atoms with E-state index in [4.69, 9.17) is 4.42 Å². The minimum absolute atomic E-state index is 0.185. The van der Waals surface area contributed by atoms with E-state index in [1.54, 1.807) is 36.8 Å². The fourth-order valence-electron chi connectivity index (χ4n) is 3.66. The van der Waals surface area contributed by atoms with Gasteiger partial charge in [-0.15, -0.1) is 11.3 Å². The molecular formula is C24H22N6O4S2. The molecule has 0 aliphatic rings. The zero-order chi connectivity index (χ0) is 25.1. The molecule has 5 rings (SSSR count).